The van der Waals surface area contributed by atoms with Crippen LogP contribution in [0.4, 0.5) is 0 Å². The Balaban J connectivity index is 2.93. The summed E-state index contributed by atoms with van der Waals surface area (Å²) in [5.41, 5.74) is 1.41. The minimum absolute atomic E-state index is 0.311. The van der Waals surface area contributed by atoms with Gasteiger partial charge in [-0.2, -0.15) is 5.26 Å². The van der Waals surface area contributed by atoms with E-state index in [0.717, 1.165) is 5.56 Å². The molecule has 1 atom stereocenters. The van der Waals surface area contributed by atoms with E-state index in [1.54, 1.807) is 31.2 Å². The first-order valence-electron chi connectivity index (χ1n) is 3.84. The molecule has 0 N–H and O–H groups in total. The van der Waals surface area contributed by atoms with Crippen LogP contribution in [0.5, 0.6) is 0 Å². The highest BCUT2D eigenvalue weighted by molar-refractivity contribution is 6.64. The highest BCUT2D eigenvalue weighted by Crippen LogP contribution is 2.17. The maximum absolute atomic E-state index is 10.8. The lowest BCUT2D eigenvalue weighted by molar-refractivity contribution is -0.112. The summed E-state index contributed by atoms with van der Waals surface area (Å²) in [6, 6.07) is 8.83. The zero-order chi connectivity index (χ0) is 9.84. The first kappa shape index (κ1) is 9.76. The minimum atomic E-state index is -0.385. The fraction of sp³-hybridized carbons (Fsp3) is 0.200. The van der Waals surface area contributed by atoms with E-state index in [0.29, 0.717) is 5.56 Å². The van der Waals surface area contributed by atoms with Crippen LogP contribution in [-0.4, -0.2) is 5.24 Å². The van der Waals surface area contributed by atoms with E-state index in [4.69, 9.17) is 16.9 Å². The number of hydrogen-bond acceptors (Lipinski definition) is 2. The van der Waals surface area contributed by atoms with Crippen LogP contribution in [0.1, 0.15) is 24.0 Å². The van der Waals surface area contributed by atoms with Crippen molar-refractivity contribution in [3.63, 3.8) is 0 Å². The molecule has 0 spiro atoms. The van der Waals surface area contributed by atoms with E-state index in [9.17, 15) is 4.79 Å². The zero-order valence-corrected chi connectivity index (χ0v) is 7.88. The average Bonchev–Trinajstić information content (AvgIpc) is 2.17. The number of carbonyl (C=O) groups excluding carboxylic acids is 1. The molecule has 0 bridgehead atoms. The van der Waals surface area contributed by atoms with Crippen LogP contribution < -0.4 is 0 Å². The second kappa shape index (κ2) is 4.06. The highest BCUT2D eigenvalue weighted by atomic mass is 35.5. The van der Waals surface area contributed by atoms with Gasteiger partial charge in [0.2, 0.25) is 5.24 Å². The van der Waals surface area contributed by atoms with Crippen LogP contribution >= 0.6 is 11.6 Å². The Morgan fingerprint density at radius 1 is 1.46 bits per heavy atom. The Bertz CT molecular complexity index is 350. The van der Waals surface area contributed by atoms with Crippen molar-refractivity contribution in [3.8, 4) is 6.07 Å². The molecule has 0 saturated carbocycles. The molecule has 3 heteroatoms. The second-order valence-electron chi connectivity index (χ2n) is 2.76. The fourth-order valence-corrected chi connectivity index (χ4v) is 1.10. The number of benzene rings is 1. The summed E-state index contributed by atoms with van der Waals surface area (Å²) in [5, 5.41) is 8.15. The second-order valence-corrected chi connectivity index (χ2v) is 3.13. The Morgan fingerprint density at radius 2 is 2.00 bits per heavy atom. The van der Waals surface area contributed by atoms with Crippen molar-refractivity contribution in [3.05, 3.63) is 35.4 Å². The highest BCUT2D eigenvalue weighted by Gasteiger charge is 2.11. The van der Waals surface area contributed by atoms with Gasteiger partial charge in [0.1, 0.15) is 0 Å². The lowest BCUT2D eigenvalue weighted by atomic mass is 10.0. The Hall–Kier alpha value is -1.33. The molecule has 1 aromatic rings. The van der Waals surface area contributed by atoms with Crippen molar-refractivity contribution in [2.24, 2.45) is 0 Å². The molecule has 66 valence electrons. The summed E-state index contributed by atoms with van der Waals surface area (Å²) in [7, 11) is 0. The summed E-state index contributed by atoms with van der Waals surface area (Å²) < 4.78 is 0. The number of halogens is 1. The van der Waals surface area contributed by atoms with Gasteiger partial charge in [0.15, 0.2) is 0 Å². The van der Waals surface area contributed by atoms with E-state index in [2.05, 4.69) is 0 Å². The zero-order valence-electron chi connectivity index (χ0n) is 7.12. The normalized spacial score (nSPS) is 11.8. The standard InChI is InChI=1S/C10H8ClNO/c1-7(10(11)13)9-4-2-8(6-12)3-5-9/h2-5,7H,1H3. The van der Waals surface area contributed by atoms with Gasteiger partial charge in [-0.25, -0.2) is 0 Å². The number of hydrogen-bond donors (Lipinski definition) is 0. The third-order valence-corrected chi connectivity index (χ3v) is 2.21. The van der Waals surface area contributed by atoms with Gasteiger partial charge in [-0.05, 0) is 29.3 Å². The van der Waals surface area contributed by atoms with Gasteiger partial charge < -0.3 is 0 Å². The first-order valence-corrected chi connectivity index (χ1v) is 4.22. The van der Waals surface area contributed by atoms with E-state index < -0.39 is 0 Å². The molecule has 0 aliphatic carbocycles. The van der Waals surface area contributed by atoms with Gasteiger partial charge in [0.25, 0.3) is 0 Å². The summed E-state index contributed by atoms with van der Waals surface area (Å²) in [4.78, 5) is 10.8. The topological polar surface area (TPSA) is 40.9 Å². The minimum Gasteiger partial charge on any atom is -0.281 e. The molecule has 1 rings (SSSR count). The largest absolute Gasteiger partial charge is 0.281 e. The van der Waals surface area contributed by atoms with Gasteiger partial charge >= 0.3 is 0 Å². The van der Waals surface area contributed by atoms with E-state index in [1.807, 2.05) is 6.07 Å². The molecular weight excluding hydrogens is 186 g/mol. The summed E-state index contributed by atoms with van der Waals surface area (Å²) in [5.74, 6) is -0.311. The molecule has 0 aliphatic rings. The number of nitrogens with zero attached hydrogens (tertiary/aromatic N) is 1. The lowest BCUT2D eigenvalue weighted by Gasteiger charge is -2.05. The quantitative estimate of drug-likeness (QED) is 0.677. The third kappa shape index (κ3) is 2.30. The third-order valence-electron chi connectivity index (χ3n) is 1.88. The van der Waals surface area contributed by atoms with E-state index in [-0.39, 0.29) is 11.2 Å². The molecule has 0 aromatic heterocycles. The monoisotopic (exact) mass is 193 g/mol. The molecule has 13 heavy (non-hydrogen) atoms. The van der Waals surface area contributed by atoms with Crippen LogP contribution in [0.15, 0.2) is 24.3 Å². The molecule has 0 radical (unpaired) electrons. The summed E-state index contributed by atoms with van der Waals surface area (Å²) >= 11 is 5.33. The van der Waals surface area contributed by atoms with Crippen molar-refractivity contribution in [2.75, 3.05) is 0 Å². The molecule has 1 unspecified atom stereocenters. The maximum Gasteiger partial charge on any atom is 0.228 e. The molecule has 1 aromatic carbocycles. The molecule has 0 saturated heterocycles. The van der Waals surface area contributed by atoms with Crippen LogP contribution in [0.2, 0.25) is 0 Å². The first-order chi connectivity index (χ1) is 6.15. The SMILES string of the molecule is CC(C(=O)Cl)c1ccc(C#N)cc1. The molecule has 2 nitrogen and oxygen atoms in total. The Labute approximate surface area is 81.7 Å². The van der Waals surface area contributed by atoms with Gasteiger partial charge in [0.05, 0.1) is 17.6 Å². The summed E-state index contributed by atoms with van der Waals surface area (Å²) in [6.45, 7) is 1.73. The fourth-order valence-electron chi connectivity index (χ4n) is 0.977. The average molecular weight is 194 g/mol. The van der Waals surface area contributed by atoms with Crippen molar-refractivity contribution < 1.29 is 4.79 Å². The smallest absolute Gasteiger partial charge is 0.228 e. The van der Waals surface area contributed by atoms with Crippen LogP contribution in [-0.2, 0) is 4.79 Å². The molecule has 0 amide bonds. The van der Waals surface area contributed by atoms with Gasteiger partial charge in [-0.3, -0.25) is 4.79 Å². The van der Waals surface area contributed by atoms with E-state index >= 15 is 0 Å². The van der Waals surface area contributed by atoms with Crippen LogP contribution in [0, 0.1) is 11.3 Å². The van der Waals surface area contributed by atoms with Gasteiger partial charge in [-0.15, -0.1) is 0 Å². The number of rotatable bonds is 2. The maximum atomic E-state index is 10.8. The predicted molar refractivity (Wildman–Crippen MR) is 50.4 cm³/mol. The lowest BCUT2D eigenvalue weighted by Crippen LogP contribution is -2.01. The van der Waals surface area contributed by atoms with Gasteiger partial charge in [0, 0.05) is 0 Å². The predicted octanol–water partition coefficient (Wildman–Crippen LogP) is 2.43. The van der Waals surface area contributed by atoms with Gasteiger partial charge in [-0.1, -0.05) is 19.1 Å². The molecular formula is C10H8ClNO. The van der Waals surface area contributed by atoms with Crippen molar-refractivity contribution in [2.45, 2.75) is 12.8 Å². The Kier molecular flexibility index (Phi) is 3.05. The molecule has 0 aliphatic heterocycles. The number of nitriles is 1. The van der Waals surface area contributed by atoms with Crippen LogP contribution in [0.3, 0.4) is 0 Å². The number of carbonyl (C=O) groups is 1. The van der Waals surface area contributed by atoms with E-state index in [1.165, 1.54) is 0 Å². The van der Waals surface area contributed by atoms with Crippen molar-refractivity contribution >= 4 is 16.8 Å². The van der Waals surface area contributed by atoms with Crippen molar-refractivity contribution in [1.82, 2.24) is 0 Å². The van der Waals surface area contributed by atoms with Crippen molar-refractivity contribution in [1.29, 1.82) is 5.26 Å². The molecule has 0 heterocycles. The van der Waals surface area contributed by atoms with Crippen LogP contribution in [0.25, 0.3) is 0 Å². The summed E-state index contributed by atoms with van der Waals surface area (Å²) in [6.07, 6.45) is 0. The Morgan fingerprint density at radius 3 is 2.38 bits per heavy atom. The molecule has 0 fully saturated rings.